The van der Waals surface area contributed by atoms with Crippen LogP contribution in [0.2, 0.25) is 5.02 Å². The van der Waals surface area contributed by atoms with E-state index in [-0.39, 0.29) is 5.91 Å². The first-order chi connectivity index (χ1) is 8.53. The molecule has 0 aliphatic heterocycles. The Hall–Kier alpha value is -1.22. The number of benzene rings is 1. The first-order valence-electron chi connectivity index (χ1n) is 6.36. The van der Waals surface area contributed by atoms with E-state index in [0.717, 1.165) is 31.4 Å². The standard InChI is InChI=1S/C14H19ClN2O/c1-10-5-4-8-14(9-10,13(16)18)17-12-7-3-2-6-11(12)15/h2-3,6-7,10,17H,4-5,8-9H2,1H3,(H2,16,18). The number of hydrogen-bond donors (Lipinski definition) is 2. The average molecular weight is 267 g/mol. The van der Waals surface area contributed by atoms with E-state index in [1.807, 2.05) is 24.3 Å². The molecule has 2 rings (SSSR count). The number of carbonyl (C=O) groups excluding carboxylic acids is 1. The van der Waals surface area contributed by atoms with Crippen LogP contribution in [0.4, 0.5) is 5.69 Å². The second-order valence-electron chi connectivity index (χ2n) is 5.25. The molecule has 2 unspecified atom stereocenters. The lowest BCUT2D eigenvalue weighted by molar-refractivity contribution is -0.123. The van der Waals surface area contributed by atoms with Crippen LogP contribution in [0.15, 0.2) is 24.3 Å². The molecule has 4 heteroatoms. The van der Waals surface area contributed by atoms with Crippen molar-refractivity contribution in [1.29, 1.82) is 0 Å². The van der Waals surface area contributed by atoms with Crippen molar-refractivity contribution < 1.29 is 4.79 Å². The molecule has 0 radical (unpaired) electrons. The predicted molar refractivity (Wildman–Crippen MR) is 74.6 cm³/mol. The fraction of sp³-hybridized carbons (Fsp3) is 0.500. The summed E-state index contributed by atoms with van der Waals surface area (Å²) in [5.74, 6) is 0.218. The molecule has 0 spiro atoms. The molecule has 0 bridgehead atoms. The summed E-state index contributed by atoms with van der Waals surface area (Å²) in [6, 6.07) is 7.46. The zero-order valence-corrected chi connectivity index (χ0v) is 11.3. The average Bonchev–Trinajstić information content (AvgIpc) is 2.32. The van der Waals surface area contributed by atoms with E-state index >= 15 is 0 Å². The van der Waals surface area contributed by atoms with Crippen molar-refractivity contribution in [3.05, 3.63) is 29.3 Å². The van der Waals surface area contributed by atoms with Crippen LogP contribution in [0, 0.1) is 5.92 Å². The van der Waals surface area contributed by atoms with Gasteiger partial charge in [-0.05, 0) is 30.9 Å². The van der Waals surface area contributed by atoms with Gasteiger partial charge in [0.15, 0.2) is 0 Å². The highest BCUT2D eigenvalue weighted by Crippen LogP contribution is 2.36. The summed E-state index contributed by atoms with van der Waals surface area (Å²) in [6.45, 7) is 2.16. The normalized spacial score (nSPS) is 27.8. The third kappa shape index (κ3) is 2.61. The molecule has 98 valence electrons. The van der Waals surface area contributed by atoms with Crippen molar-refractivity contribution in [1.82, 2.24) is 0 Å². The monoisotopic (exact) mass is 266 g/mol. The highest BCUT2D eigenvalue weighted by molar-refractivity contribution is 6.33. The number of carbonyl (C=O) groups is 1. The second-order valence-corrected chi connectivity index (χ2v) is 5.66. The smallest absolute Gasteiger partial charge is 0.243 e. The number of rotatable bonds is 3. The summed E-state index contributed by atoms with van der Waals surface area (Å²) >= 11 is 6.13. The Morgan fingerprint density at radius 1 is 1.50 bits per heavy atom. The number of primary amides is 1. The highest BCUT2D eigenvalue weighted by Gasteiger charge is 2.40. The first-order valence-corrected chi connectivity index (χ1v) is 6.74. The summed E-state index contributed by atoms with van der Waals surface area (Å²) < 4.78 is 0. The Balaban J connectivity index is 2.26. The molecule has 1 aromatic carbocycles. The van der Waals surface area contributed by atoms with E-state index in [1.165, 1.54) is 0 Å². The second kappa shape index (κ2) is 5.19. The molecule has 3 N–H and O–H groups in total. The van der Waals surface area contributed by atoms with Gasteiger partial charge in [-0.15, -0.1) is 0 Å². The van der Waals surface area contributed by atoms with E-state index in [4.69, 9.17) is 17.3 Å². The van der Waals surface area contributed by atoms with Crippen LogP contribution in [-0.4, -0.2) is 11.4 Å². The van der Waals surface area contributed by atoms with Crippen LogP contribution in [0.5, 0.6) is 0 Å². The maximum Gasteiger partial charge on any atom is 0.243 e. The number of anilines is 1. The van der Waals surface area contributed by atoms with Crippen LogP contribution in [-0.2, 0) is 4.79 Å². The van der Waals surface area contributed by atoms with Gasteiger partial charge in [-0.3, -0.25) is 4.79 Å². The van der Waals surface area contributed by atoms with Crippen molar-refractivity contribution in [2.24, 2.45) is 11.7 Å². The third-order valence-corrected chi connectivity index (χ3v) is 4.05. The van der Waals surface area contributed by atoms with Gasteiger partial charge in [0.05, 0.1) is 10.7 Å². The molecule has 1 fully saturated rings. The van der Waals surface area contributed by atoms with E-state index in [1.54, 1.807) is 0 Å². The van der Waals surface area contributed by atoms with E-state index in [9.17, 15) is 4.79 Å². The molecular weight excluding hydrogens is 248 g/mol. The number of amides is 1. The van der Waals surface area contributed by atoms with Crippen molar-refractivity contribution >= 4 is 23.2 Å². The Morgan fingerprint density at radius 3 is 2.83 bits per heavy atom. The van der Waals surface area contributed by atoms with Crippen LogP contribution in [0.1, 0.15) is 32.6 Å². The lowest BCUT2D eigenvalue weighted by Gasteiger charge is -2.39. The number of nitrogens with one attached hydrogen (secondary N) is 1. The van der Waals surface area contributed by atoms with Gasteiger partial charge in [-0.2, -0.15) is 0 Å². The van der Waals surface area contributed by atoms with Crippen molar-refractivity contribution in [3.8, 4) is 0 Å². The number of para-hydroxylation sites is 1. The van der Waals surface area contributed by atoms with Crippen molar-refractivity contribution in [2.45, 2.75) is 38.1 Å². The SMILES string of the molecule is CC1CCCC(Nc2ccccc2Cl)(C(N)=O)C1. The predicted octanol–water partition coefficient (Wildman–Crippen LogP) is 3.19. The zero-order valence-electron chi connectivity index (χ0n) is 10.6. The summed E-state index contributed by atoms with van der Waals surface area (Å²) in [4.78, 5) is 11.9. The molecule has 1 aromatic rings. The van der Waals surface area contributed by atoms with Gasteiger partial charge in [0.25, 0.3) is 0 Å². The highest BCUT2D eigenvalue weighted by atomic mass is 35.5. The Bertz CT molecular complexity index is 449. The quantitative estimate of drug-likeness (QED) is 0.883. The van der Waals surface area contributed by atoms with Gasteiger partial charge in [0.1, 0.15) is 5.54 Å². The minimum Gasteiger partial charge on any atom is -0.370 e. The number of nitrogens with two attached hydrogens (primary N) is 1. The molecule has 0 saturated heterocycles. The van der Waals surface area contributed by atoms with E-state index in [2.05, 4.69) is 12.2 Å². The minimum atomic E-state index is -0.650. The van der Waals surface area contributed by atoms with Gasteiger partial charge in [0, 0.05) is 0 Å². The topological polar surface area (TPSA) is 55.1 Å². The van der Waals surface area contributed by atoms with Crippen molar-refractivity contribution in [2.75, 3.05) is 5.32 Å². The minimum absolute atomic E-state index is 0.283. The number of hydrogen-bond acceptors (Lipinski definition) is 2. The van der Waals surface area contributed by atoms with Gasteiger partial charge in [0.2, 0.25) is 5.91 Å². The van der Waals surface area contributed by atoms with Crippen LogP contribution in [0.25, 0.3) is 0 Å². The molecule has 1 saturated carbocycles. The molecule has 0 aromatic heterocycles. The number of halogens is 1. The van der Waals surface area contributed by atoms with Crippen LogP contribution in [0.3, 0.4) is 0 Å². The van der Waals surface area contributed by atoms with Gasteiger partial charge < -0.3 is 11.1 Å². The fourth-order valence-corrected chi connectivity index (χ4v) is 2.95. The lowest BCUT2D eigenvalue weighted by Crippen LogP contribution is -2.53. The van der Waals surface area contributed by atoms with Gasteiger partial charge >= 0.3 is 0 Å². The summed E-state index contributed by atoms with van der Waals surface area (Å²) in [5.41, 5.74) is 5.75. The molecular formula is C14H19ClN2O. The first kappa shape index (κ1) is 13.2. The van der Waals surface area contributed by atoms with Gasteiger partial charge in [-0.1, -0.05) is 43.5 Å². The molecule has 1 amide bonds. The maximum absolute atomic E-state index is 11.9. The Kier molecular flexibility index (Phi) is 3.81. The summed E-state index contributed by atoms with van der Waals surface area (Å²) in [7, 11) is 0. The zero-order chi connectivity index (χ0) is 13.2. The molecule has 2 atom stereocenters. The largest absolute Gasteiger partial charge is 0.370 e. The van der Waals surface area contributed by atoms with E-state index < -0.39 is 5.54 Å². The van der Waals surface area contributed by atoms with E-state index in [0.29, 0.717) is 10.9 Å². The van der Waals surface area contributed by atoms with Crippen molar-refractivity contribution in [3.63, 3.8) is 0 Å². The van der Waals surface area contributed by atoms with Gasteiger partial charge in [-0.25, -0.2) is 0 Å². The molecule has 1 aliphatic carbocycles. The van der Waals surface area contributed by atoms with Crippen LogP contribution < -0.4 is 11.1 Å². The van der Waals surface area contributed by atoms with Crippen LogP contribution >= 0.6 is 11.6 Å². The summed E-state index contributed by atoms with van der Waals surface area (Å²) in [5, 5.41) is 3.91. The third-order valence-electron chi connectivity index (χ3n) is 3.72. The molecule has 18 heavy (non-hydrogen) atoms. The Morgan fingerprint density at radius 2 is 2.22 bits per heavy atom. The lowest BCUT2D eigenvalue weighted by atomic mass is 9.75. The molecule has 3 nitrogen and oxygen atoms in total. The maximum atomic E-state index is 11.9. The molecule has 1 aliphatic rings. The fourth-order valence-electron chi connectivity index (χ4n) is 2.77. The summed E-state index contributed by atoms with van der Waals surface area (Å²) in [6.07, 6.45) is 3.71. The molecule has 0 heterocycles. The Labute approximate surface area is 113 Å².